The first kappa shape index (κ1) is 12.2. The lowest BCUT2D eigenvalue weighted by Crippen LogP contribution is -2.23. The van der Waals surface area contributed by atoms with E-state index in [4.69, 9.17) is 9.40 Å². The van der Waals surface area contributed by atoms with Gasteiger partial charge in [-0.2, -0.15) is 0 Å². The number of likely N-dealkylation sites (tertiary alicyclic amines) is 1. The lowest BCUT2D eigenvalue weighted by molar-refractivity contribution is 0.221. The largest absolute Gasteiger partial charge is 0.468 e. The van der Waals surface area contributed by atoms with Gasteiger partial charge in [-0.1, -0.05) is 0 Å². The SMILES string of the molecule is c1coc(CN2CCC[C@H]2c2nc3c([nH]2)CCCC3)c1. The minimum atomic E-state index is 0.436. The van der Waals surface area contributed by atoms with Crippen LogP contribution in [0.15, 0.2) is 22.8 Å². The summed E-state index contributed by atoms with van der Waals surface area (Å²) in [5.74, 6) is 2.23. The van der Waals surface area contributed by atoms with Crippen LogP contribution >= 0.6 is 0 Å². The van der Waals surface area contributed by atoms with Crippen LogP contribution in [0.2, 0.25) is 0 Å². The maximum Gasteiger partial charge on any atom is 0.124 e. The summed E-state index contributed by atoms with van der Waals surface area (Å²) in [5.41, 5.74) is 2.70. The van der Waals surface area contributed by atoms with E-state index in [1.54, 1.807) is 6.26 Å². The van der Waals surface area contributed by atoms with Crippen molar-refractivity contribution in [2.75, 3.05) is 6.54 Å². The quantitative estimate of drug-likeness (QED) is 0.932. The van der Waals surface area contributed by atoms with Crippen molar-refractivity contribution < 1.29 is 4.42 Å². The van der Waals surface area contributed by atoms with Crippen LogP contribution in [0.25, 0.3) is 0 Å². The third kappa shape index (κ3) is 2.18. The summed E-state index contributed by atoms with van der Waals surface area (Å²) in [4.78, 5) is 11.0. The number of hydrogen-bond donors (Lipinski definition) is 1. The summed E-state index contributed by atoms with van der Waals surface area (Å²) in [6, 6.07) is 4.46. The second-order valence-corrected chi connectivity index (χ2v) is 5.96. The molecule has 4 nitrogen and oxygen atoms in total. The number of fused-ring (bicyclic) bond motifs is 1. The summed E-state index contributed by atoms with van der Waals surface area (Å²) in [5, 5.41) is 0. The second-order valence-electron chi connectivity index (χ2n) is 5.96. The van der Waals surface area contributed by atoms with E-state index in [-0.39, 0.29) is 0 Å². The van der Waals surface area contributed by atoms with Crippen LogP contribution in [-0.4, -0.2) is 21.4 Å². The summed E-state index contributed by atoms with van der Waals surface area (Å²) in [7, 11) is 0. The van der Waals surface area contributed by atoms with Gasteiger partial charge in [0.15, 0.2) is 0 Å². The smallest absolute Gasteiger partial charge is 0.124 e. The van der Waals surface area contributed by atoms with Gasteiger partial charge in [0.25, 0.3) is 0 Å². The molecule has 1 aliphatic carbocycles. The molecule has 1 N–H and O–H groups in total. The van der Waals surface area contributed by atoms with E-state index < -0.39 is 0 Å². The topological polar surface area (TPSA) is 45.1 Å². The Morgan fingerprint density at radius 1 is 1.30 bits per heavy atom. The third-order valence-corrected chi connectivity index (χ3v) is 4.59. The zero-order valence-corrected chi connectivity index (χ0v) is 11.8. The number of aromatic nitrogens is 2. The maximum absolute atomic E-state index is 5.49. The molecule has 2 aromatic rings. The van der Waals surface area contributed by atoms with Gasteiger partial charge in [0.05, 0.1) is 24.5 Å². The molecule has 4 heteroatoms. The molecule has 0 unspecified atom stereocenters. The van der Waals surface area contributed by atoms with Gasteiger partial charge in [0, 0.05) is 5.69 Å². The zero-order valence-electron chi connectivity index (χ0n) is 11.8. The molecular formula is C16H21N3O. The highest BCUT2D eigenvalue weighted by Gasteiger charge is 2.30. The highest BCUT2D eigenvalue weighted by atomic mass is 16.3. The Bertz CT molecular complexity index is 549. The van der Waals surface area contributed by atoms with Crippen molar-refractivity contribution >= 4 is 0 Å². The van der Waals surface area contributed by atoms with Crippen molar-refractivity contribution in [3.8, 4) is 0 Å². The van der Waals surface area contributed by atoms with E-state index in [0.29, 0.717) is 6.04 Å². The molecule has 1 atom stereocenters. The standard InChI is InChI=1S/C16H21N3O/c1-2-7-14-13(6-1)17-16(18-14)15-8-3-9-19(15)11-12-5-4-10-20-12/h4-5,10,15H,1-3,6-9,11H2,(H,17,18)/t15-/m0/s1. The van der Waals surface area contributed by atoms with Crippen molar-refractivity contribution in [3.63, 3.8) is 0 Å². The third-order valence-electron chi connectivity index (χ3n) is 4.59. The molecule has 2 aromatic heterocycles. The Balaban J connectivity index is 1.55. The Labute approximate surface area is 119 Å². The molecule has 4 rings (SSSR count). The van der Waals surface area contributed by atoms with E-state index in [9.17, 15) is 0 Å². The molecule has 2 aliphatic rings. The van der Waals surface area contributed by atoms with Crippen LogP contribution in [0.1, 0.15) is 54.7 Å². The average molecular weight is 271 g/mol. The van der Waals surface area contributed by atoms with Crippen LogP contribution in [0.3, 0.4) is 0 Å². The number of H-pyrrole nitrogens is 1. The molecule has 3 heterocycles. The number of furan rings is 1. The van der Waals surface area contributed by atoms with Crippen LogP contribution in [0.5, 0.6) is 0 Å². The summed E-state index contributed by atoms with van der Waals surface area (Å²) in [6.45, 7) is 2.03. The van der Waals surface area contributed by atoms with Gasteiger partial charge in [-0.3, -0.25) is 4.90 Å². The first-order valence-electron chi connectivity index (χ1n) is 7.74. The number of aromatic amines is 1. The Hall–Kier alpha value is -1.55. The van der Waals surface area contributed by atoms with Gasteiger partial charge >= 0.3 is 0 Å². The van der Waals surface area contributed by atoms with Crippen LogP contribution in [0.4, 0.5) is 0 Å². The van der Waals surface area contributed by atoms with Crippen LogP contribution in [-0.2, 0) is 19.4 Å². The summed E-state index contributed by atoms with van der Waals surface area (Å²) < 4.78 is 5.49. The molecular weight excluding hydrogens is 250 g/mol. The lowest BCUT2D eigenvalue weighted by Gasteiger charge is -2.21. The molecule has 0 saturated carbocycles. The fourth-order valence-corrected chi connectivity index (χ4v) is 3.56. The van der Waals surface area contributed by atoms with Gasteiger partial charge in [-0.25, -0.2) is 4.98 Å². The molecule has 0 radical (unpaired) electrons. The summed E-state index contributed by atoms with van der Waals surface area (Å²) in [6.07, 6.45) is 9.12. The normalized spacial score (nSPS) is 23.1. The van der Waals surface area contributed by atoms with E-state index in [1.165, 1.54) is 49.3 Å². The molecule has 1 fully saturated rings. The minimum absolute atomic E-state index is 0.436. The first-order valence-corrected chi connectivity index (χ1v) is 7.74. The number of nitrogens with zero attached hydrogens (tertiary/aromatic N) is 2. The van der Waals surface area contributed by atoms with Crippen molar-refractivity contribution in [2.24, 2.45) is 0 Å². The minimum Gasteiger partial charge on any atom is -0.468 e. The van der Waals surface area contributed by atoms with Crippen LogP contribution in [0, 0.1) is 0 Å². The first-order chi connectivity index (χ1) is 9.90. The van der Waals surface area contributed by atoms with Gasteiger partial charge in [-0.15, -0.1) is 0 Å². The zero-order chi connectivity index (χ0) is 13.4. The van der Waals surface area contributed by atoms with E-state index in [0.717, 1.165) is 25.3 Å². The predicted molar refractivity (Wildman–Crippen MR) is 76.3 cm³/mol. The van der Waals surface area contributed by atoms with E-state index >= 15 is 0 Å². The number of rotatable bonds is 3. The Morgan fingerprint density at radius 2 is 2.25 bits per heavy atom. The molecule has 106 valence electrons. The maximum atomic E-state index is 5.49. The van der Waals surface area contributed by atoms with Crippen molar-refractivity contribution in [1.29, 1.82) is 0 Å². The molecule has 0 aromatic carbocycles. The van der Waals surface area contributed by atoms with Gasteiger partial charge in [0.2, 0.25) is 0 Å². The highest BCUT2D eigenvalue weighted by Crippen LogP contribution is 2.33. The van der Waals surface area contributed by atoms with Crippen LogP contribution < -0.4 is 0 Å². The Morgan fingerprint density at radius 3 is 3.10 bits per heavy atom. The van der Waals surface area contributed by atoms with E-state index in [1.807, 2.05) is 6.07 Å². The number of aryl methyl sites for hydroxylation is 2. The number of imidazole rings is 1. The number of nitrogens with one attached hydrogen (secondary N) is 1. The molecule has 0 spiro atoms. The molecule has 0 bridgehead atoms. The fourth-order valence-electron chi connectivity index (χ4n) is 3.56. The lowest BCUT2D eigenvalue weighted by atomic mass is 10.0. The highest BCUT2D eigenvalue weighted by molar-refractivity contribution is 5.19. The van der Waals surface area contributed by atoms with Gasteiger partial charge in [0.1, 0.15) is 11.6 Å². The van der Waals surface area contributed by atoms with Gasteiger partial charge in [-0.05, 0) is 57.2 Å². The van der Waals surface area contributed by atoms with E-state index in [2.05, 4.69) is 16.0 Å². The fraction of sp³-hybridized carbons (Fsp3) is 0.562. The molecule has 1 saturated heterocycles. The number of hydrogen-bond acceptors (Lipinski definition) is 3. The van der Waals surface area contributed by atoms with Gasteiger partial charge < -0.3 is 9.40 Å². The molecule has 1 aliphatic heterocycles. The molecule has 0 amide bonds. The van der Waals surface area contributed by atoms with Crippen molar-refractivity contribution in [3.05, 3.63) is 41.4 Å². The Kier molecular flexibility index (Phi) is 3.11. The second kappa shape index (κ2) is 5.09. The van der Waals surface area contributed by atoms with Crippen molar-refractivity contribution in [1.82, 2.24) is 14.9 Å². The monoisotopic (exact) mass is 271 g/mol. The average Bonchev–Trinajstić information content (AvgIpc) is 3.18. The predicted octanol–water partition coefficient (Wildman–Crippen LogP) is 3.22. The molecule has 20 heavy (non-hydrogen) atoms. The summed E-state index contributed by atoms with van der Waals surface area (Å²) >= 11 is 0. The van der Waals surface area contributed by atoms with Crippen molar-refractivity contribution in [2.45, 2.75) is 51.1 Å².